The van der Waals surface area contributed by atoms with E-state index >= 15 is 0 Å². The lowest BCUT2D eigenvalue weighted by Gasteiger charge is -2.14. The van der Waals surface area contributed by atoms with Crippen LogP contribution in [0.1, 0.15) is 43.1 Å². The van der Waals surface area contributed by atoms with Gasteiger partial charge in [0, 0.05) is 5.56 Å². The third-order valence-electron chi connectivity index (χ3n) is 3.46. The maximum absolute atomic E-state index is 12.1. The number of ether oxygens (including phenoxy) is 2. The highest BCUT2D eigenvalue weighted by Gasteiger charge is 2.29. The van der Waals surface area contributed by atoms with Crippen molar-refractivity contribution in [3.05, 3.63) is 35.4 Å². The average Bonchev–Trinajstić information content (AvgIpc) is 2.59. The van der Waals surface area contributed by atoms with Gasteiger partial charge in [-0.15, -0.1) is 0 Å². The largest absolute Gasteiger partial charge is 0.465 e. The Morgan fingerprint density at radius 3 is 1.88 bits per heavy atom. The Bertz CT molecular complexity index is 549. The van der Waals surface area contributed by atoms with E-state index in [1.54, 1.807) is 38.1 Å². The summed E-state index contributed by atoms with van der Waals surface area (Å²) in [7, 11) is 0. The van der Waals surface area contributed by atoms with E-state index in [1.165, 1.54) is 0 Å². The molecule has 5 nitrogen and oxygen atoms in total. The number of carbonyl (C=O) groups is 3. The standard InChI is InChI=1S/C18H23BrO5/c1-4-15(19)16(20)13-9-7-12(8-10-13)11-14(17(21)23-5-2)18(22)24-6-3/h7-10,14-15H,4-6,11H2,1-3H3. The van der Waals surface area contributed by atoms with E-state index in [4.69, 9.17) is 9.47 Å². The Balaban J connectivity index is 2.88. The van der Waals surface area contributed by atoms with Gasteiger partial charge in [-0.1, -0.05) is 47.1 Å². The maximum Gasteiger partial charge on any atom is 0.320 e. The Morgan fingerprint density at radius 2 is 1.46 bits per heavy atom. The van der Waals surface area contributed by atoms with Crippen LogP contribution in [0.25, 0.3) is 0 Å². The number of esters is 2. The van der Waals surface area contributed by atoms with Crippen LogP contribution < -0.4 is 0 Å². The first-order valence-electron chi connectivity index (χ1n) is 8.04. The first-order valence-corrected chi connectivity index (χ1v) is 8.96. The zero-order valence-corrected chi connectivity index (χ0v) is 15.8. The second-order valence-corrected chi connectivity index (χ2v) is 6.30. The molecule has 0 radical (unpaired) electrons. The molecule has 6 heteroatoms. The normalized spacial score (nSPS) is 11.9. The zero-order chi connectivity index (χ0) is 18.1. The lowest BCUT2D eigenvalue weighted by molar-refractivity contribution is -0.161. The molecule has 0 amide bonds. The number of carbonyl (C=O) groups excluding carboxylic acids is 3. The first-order chi connectivity index (χ1) is 11.4. The van der Waals surface area contributed by atoms with Gasteiger partial charge in [-0.2, -0.15) is 0 Å². The molecular formula is C18H23BrO5. The molecule has 0 aliphatic heterocycles. The second kappa shape index (κ2) is 10.2. The SMILES string of the molecule is CCOC(=O)C(Cc1ccc(C(=O)C(Br)CC)cc1)C(=O)OCC. The second-order valence-electron chi connectivity index (χ2n) is 5.20. The Kier molecular flexibility index (Phi) is 8.68. The summed E-state index contributed by atoms with van der Waals surface area (Å²) in [4.78, 5) is 35.9. The van der Waals surface area contributed by atoms with Gasteiger partial charge in [-0.25, -0.2) is 0 Å². The van der Waals surface area contributed by atoms with E-state index in [2.05, 4.69) is 15.9 Å². The molecule has 0 aliphatic rings. The molecule has 24 heavy (non-hydrogen) atoms. The number of halogens is 1. The van der Waals surface area contributed by atoms with Gasteiger partial charge in [0.05, 0.1) is 18.0 Å². The lowest BCUT2D eigenvalue weighted by Crippen LogP contribution is -2.30. The molecule has 0 spiro atoms. The van der Waals surface area contributed by atoms with E-state index in [-0.39, 0.29) is 30.2 Å². The molecule has 0 aromatic heterocycles. The summed E-state index contributed by atoms with van der Waals surface area (Å²) in [6.07, 6.45) is 0.881. The predicted molar refractivity (Wildman–Crippen MR) is 94.2 cm³/mol. The molecule has 0 heterocycles. The molecule has 0 N–H and O–H groups in total. The van der Waals surface area contributed by atoms with Gasteiger partial charge in [-0.05, 0) is 32.3 Å². The molecule has 0 fully saturated rings. The molecule has 0 saturated heterocycles. The van der Waals surface area contributed by atoms with Crippen LogP contribution in [0.4, 0.5) is 0 Å². The molecule has 0 bridgehead atoms. The van der Waals surface area contributed by atoms with Crippen LogP contribution in [0.5, 0.6) is 0 Å². The van der Waals surface area contributed by atoms with Gasteiger partial charge >= 0.3 is 11.9 Å². The number of benzene rings is 1. The number of ketones is 1. The van der Waals surface area contributed by atoms with E-state index in [0.717, 1.165) is 5.56 Å². The fourth-order valence-corrected chi connectivity index (χ4v) is 2.42. The minimum atomic E-state index is -0.994. The number of hydrogen-bond donors (Lipinski definition) is 0. The average molecular weight is 399 g/mol. The fourth-order valence-electron chi connectivity index (χ4n) is 2.16. The van der Waals surface area contributed by atoms with E-state index in [9.17, 15) is 14.4 Å². The molecule has 132 valence electrons. The van der Waals surface area contributed by atoms with Crippen molar-refractivity contribution in [1.82, 2.24) is 0 Å². The molecule has 1 atom stereocenters. The minimum Gasteiger partial charge on any atom is -0.465 e. The topological polar surface area (TPSA) is 69.7 Å². The number of alkyl halides is 1. The summed E-state index contributed by atoms with van der Waals surface area (Å²) in [6, 6.07) is 6.89. The van der Waals surface area contributed by atoms with E-state index in [1.807, 2.05) is 6.92 Å². The van der Waals surface area contributed by atoms with Gasteiger partial charge < -0.3 is 9.47 Å². The predicted octanol–water partition coefficient (Wildman–Crippen LogP) is 3.33. The maximum atomic E-state index is 12.1. The number of Topliss-reactive ketones (excluding diaryl/α,β-unsaturated/α-hetero) is 1. The summed E-state index contributed by atoms with van der Waals surface area (Å²) in [6.45, 7) is 5.70. The number of hydrogen-bond acceptors (Lipinski definition) is 5. The van der Waals surface area contributed by atoms with E-state index < -0.39 is 17.9 Å². The van der Waals surface area contributed by atoms with Gasteiger partial charge in [-0.3, -0.25) is 14.4 Å². The summed E-state index contributed by atoms with van der Waals surface area (Å²) in [5.74, 6) is -2.17. The van der Waals surface area contributed by atoms with Crippen LogP contribution in [0, 0.1) is 5.92 Å². The monoisotopic (exact) mass is 398 g/mol. The molecule has 1 aromatic carbocycles. The van der Waals surface area contributed by atoms with Crippen molar-refractivity contribution in [3.8, 4) is 0 Å². The van der Waals surface area contributed by atoms with Gasteiger partial charge in [0.1, 0.15) is 0 Å². The highest BCUT2D eigenvalue weighted by atomic mass is 79.9. The molecule has 1 aromatic rings. The molecule has 0 aliphatic carbocycles. The first kappa shape index (κ1) is 20.4. The molecular weight excluding hydrogens is 376 g/mol. The van der Waals surface area contributed by atoms with Crippen LogP contribution in [-0.2, 0) is 25.5 Å². The Labute approximate surface area is 150 Å². The summed E-state index contributed by atoms with van der Waals surface area (Å²) < 4.78 is 9.90. The van der Waals surface area contributed by atoms with Crippen molar-refractivity contribution < 1.29 is 23.9 Å². The smallest absolute Gasteiger partial charge is 0.320 e. The van der Waals surface area contributed by atoms with Crippen LogP contribution in [-0.4, -0.2) is 35.8 Å². The zero-order valence-electron chi connectivity index (χ0n) is 14.2. The number of rotatable bonds is 9. The minimum absolute atomic E-state index is 0.0105. The van der Waals surface area contributed by atoms with Crippen LogP contribution in [0.15, 0.2) is 24.3 Å². The van der Waals surface area contributed by atoms with Crippen molar-refractivity contribution in [3.63, 3.8) is 0 Å². The third-order valence-corrected chi connectivity index (χ3v) is 4.53. The molecule has 1 rings (SSSR count). The lowest BCUT2D eigenvalue weighted by atomic mass is 9.97. The van der Waals surface area contributed by atoms with Crippen molar-refractivity contribution in [2.24, 2.45) is 5.92 Å². The van der Waals surface area contributed by atoms with Gasteiger partial charge in [0.2, 0.25) is 0 Å². The van der Waals surface area contributed by atoms with Crippen molar-refractivity contribution >= 4 is 33.7 Å². The van der Waals surface area contributed by atoms with Crippen LogP contribution in [0.3, 0.4) is 0 Å². The fraction of sp³-hybridized carbons (Fsp3) is 0.500. The highest BCUT2D eigenvalue weighted by Crippen LogP contribution is 2.17. The Morgan fingerprint density at radius 1 is 0.958 bits per heavy atom. The van der Waals surface area contributed by atoms with Crippen molar-refractivity contribution in [2.75, 3.05) is 13.2 Å². The van der Waals surface area contributed by atoms with Crippen LogP contribution >= 0.6 is 15.9 Å². The van der Waals surface area contributed by atoms with Crippen LogP contribution in [0.2, 0.25) is 0 Å². The molecule has 1 unspecified atom stereocenters. The Hall–Kier alpha value is -1.69. The van der Waals surface area contributed by atoms with E-state index in [0.29, 0.717) is 12.0 Å². The van der Waals surface area contributed by atoms with Crippen molar-refractivity contribution in [1.29, 1.82) is 0 Å². The third kappa shape index (κ3) is 5.74. The van der Waals surface area contributed by atoms with Gasteiger partial charge in [0.25, 0.3) is 0 Å². The van der Waals surface area contributed by atoms with Crippen molar-refractivity contribution in [2.45, 2.75) is 38.4 Å². The summed E-state index contributed by atoms with van der Waals surface area (Å²) >= 11 is 3.34. The summed E-state index contributed by atoms with van der Waals surface area (Å²) in [5, 5.41) is 0. The highest BCUT2D eigenvalue weighted by molar-refractivity contribution is 9.10. The van der Waals surface area contributed by atoms with Gasteiger partial charge in [0.15, 0.2) is 11.7 Å². The quantitative estimate of drug-likeness (QED) is 0.276. The summed E-state index contributed by atoms with van der Waals surface area (Å²) in [5.41, 5.74) is 1.35. The molecule has 0 saturated carbocycles.